The molecule has 0 unspecified atom stereocenters. The van der Waals surface area contributed by atoms with Crippen molar-refractivity contribution in [1.82, 2.24) is 10.3 Å². The molecular weight excluding hydrogens is 185 g/mol. The second kappa shape index (κ2) is 4.55. The Morgan fingerprint density at radius 3 is 3.00 bits per heavy atom. The number of pyridine rings is 1. The molecule has 0 atom stereocenters. The van der Waals surface area contributed by atoms with E-state index in [2.05, 4.69) is 10.3 Å². The van der Waals surface area contributed by atoms with Gasteiger partial charge in [0, 0.05) is 32.0 Å². The maximum atomic E-state index is 12.7. The monoisotopic (exact) mass is 197 g/mol. The quantitative estimate of drug-likeness (QED) is 0.713. The summed E-state index contributed by atoms with van der Waals surface area (Å²) in [5.41, 5.74) is 0.626. The summed E-state index contributed by atoms with van der Waals surface area (Å²) in [6, 6.07) is 2.93. The molecule has 0 aliphatic rings. The van der Waals surface area contributed by atoms with Crippen molar-refractivity contribution in [2.24, 2.45) is 0 Å². The number of nitrogens with one attached hydrogen (secondary N) is 1. The summed E-state index contributed by atoms with van der Waals surface area (Å²) in [5, 5.41) is 2.49. The highest BCUT2D eigenvalue weighted by atomic mass is 19.1. The lowest BCUT2D eigenvalue weighted by atomic mass is 10.3. The van der Waals surface area contributed by atoms with E-state index < -0.39 is 5.95 Å². The Balaban J connectivity index is 2.69. The number of likely N-dealkylation sites (N-methyl/N-ethyl adjacent to an activating group) is 2. The molecule has 14 heavy (non-hydrogen) atoms. The van der Waals surface area contributed by atoms with Gasteiger partial charge in [-0.1, -0.05) is 0 Å². The Labute approximate surface area is 81.7 Å². The van der Waals surface area contributed by atoms with Crippen LogP contribution in [-0.4, -0.2) is 31.5 Å². The van der Waals surface area contributed by atoms with E-state index in [-0.39, 0.29) is 12.5 Å². The van der Waals surface area contributed by atoms with Gasteiger partial charge in [0.15, 0.2) is 0 Å². The van der Waals surface area contributed by atoms with Gasteiger partial charge in [0.05, 0.1) is 6.54 Å². The van der Waals surface area contributed by atoms with Gasteiger partial charge in [0.25, 0.3) is 0 Å². The zero-order chi connectivity index (χ0) is 10.6. The number of carbonyl (C=O) groups is 1. The highest BCUT2D eigenvalue weighted by Gasteiger charge is 2.06. The van der Waals surface area contributed by atoms with Gasteiger partial charge in [-0.3, -0.25) is 4.79 Å². The van der Waals surface area contributed by atoms with E-state index in [0.29, 0.717) is 5.69 Å². The van der Waals surface area contributed by atoms with Crippen LogP contribution in [0.1, 0.15) is 0 Å². The Hall–Kier alpha value is -1.65. The average molecular weight is 197 g/mol. The first kappa shape index (κ1) is 10.4. The third kappa shape index (κ3) is 2.69. The summed E-state index contributed by atoms with van der Waals surface area (Å²) in [4.78, 5) is 16.1. The maximum Gasteiger partial charge on any atom is 0.239 e. The van der Waals surface area contributed by atoms with Crippen LogP contribution in [0.15, 0.2) is 18.3 Å². The molecule has 76 valence electrons. The number of rotatable bonds is 3. The smallest absolute Gasteiger partial charge is 0.239 e. The first-order chi connectivity index (χ1) is 6.63. The molecule has 1 amide bonds. The van der Waals surface area contributed by atoms with Crippen LogP contribution >= 0.6 is 0 Å². The molecule has 1 aromatic rings. The molecule has 0 saturated heterocycles. The van der Waals surface area contributed by atoms with Crippen molar-refractivity contribution in [3.63, 3.8) is 0 Å². The first-order valence-corrected chi connectivity index (χ1v) is 4.16. The second-order valence-corrected chi connectivity index (χ2v) is 2.87. The van der Waals surface area contributed by atoms with E-state index in [0.717, 1.165) is 0 Å². The van der Waals surface area contributed by atoms with Crippen LogP contribution in [-0.2, 0) is 4.79 Å². The Morgan fingerprint density at radius 1 is 1.71 bits per heavy atom. The number of carbonyl (C=O) groups excluding carboxylic acids is 1. The molecule has 0 saturated carbocycles. The van der Waals surface area contributed by atoms with Gasteiger partial charge in [0.1, 0.15) is 0 Å². The fourth-order valence-corrected chi connectivity index (χ4v) is 1.02. The molecule has 0 bridgehead atoms. The normalized spacial score (nSPS) is 9.64. The molecule has 1 aromatic heterocycles. The van der Waals surface area contributed by atoms with E-state index in [1.54, 1.807) is 25.1 Å². The molecule has 0 fully saturated rings. The minimum Gasteiger partial charge on any atom is -0.365 e. The lowest BCUT2D eigenvalue weighted by molar-refractivity contribution is -0.119. The summed E-state index contributed by atoms with van der Waals surface area (Å²) in [7, 11) is 3.27. The first-order valence-electron chi connectivity index (χ1n) is 4.16. The zero-order valence-electron chi connectivity index (χ0n) is 8.12. The van der Waals surface area contributed by atoms with E-state index in [9.17, 15) is 9.18 Å². The van der Waals surface area contributed by atoms with Gasteiger partial charge >= 0.3 is 0 Å². The molecule has 5 heteroatoms. The minimum atomic E-state index is -0.550. The van der Waals surface area contributed by atoms with E-state index in [1.807, 2.05) is 0 Å². The van der Waals surface area contributed by atoms with Gasteiger partial charge < -0.3 is 10.2 Å². The van der Waals surface area contributed by atoms with Crippen LogP contribution < -0.4 is 10.2 Å². The molecule has 0 radical (unpaired) electrons. The Bertz CT molecular complexity index is 330. The number of aromatic nitrogens is 1. The number of amides is 1. The standard InChI is InChI=1S/C9H12FN3O/c1-11-9(14)6-13(2)7-3-4-12-8(10)5-7/h3-5H,6H2,1-2H3,(H,11,14). The Kier molecular flexibility index (Phi) is 3.39. The van der Waals surface area contributed by atoms with Gasteiger partial charge in [-0.05, 0) is 6.07 Å². The van der Waals surface area contributed by atoms with Crippen LogP contribution in [0.25, 0.3) is 0 Å². The fourth-order valence-electron chi connectivity index (χ4n) is 1.02. The summed E-state index contributed by atoms with van der Waals surface area (Å²) >= 11 is 0. The highest BCUT2D eigenvalue weighted by Crippen LogP contribution is 2.11. The highest BCUT2D eigenvalue weighted by molar-refractivity contribution is 5.80. The van der Waals surface area contributed by atoms with Gasteiger partial charge in [0.2, 0.25) is 11.9 Å². The second-order valence-electron chi connectivity index (χ2n) is 2.87. The van der Waals surface area contributed by atoms with Crippen molar-refractivity contribution < 1.29 is 9.18 Å². The predicted molar refractivity (Wildman–Crippen MR) is 51.5 cm³/mol. The number of hydrogen-bond acceptors (Lipinski definition) is 3. The van der Waals surface area contributed by atoms with Gasteiger partial charge in [-0.15, -0.1) is 0 Å². The SMILES string of the molecule is CNC(=O)CN(C)c1ccnc(F)c1. The van der Waals surface area contributed by atoms with E-state index in [1.165, 1.54) is 12.3 Å². The maximum absolute atomic E-state index is 12.7. The largest absolute Gasteiger partial charge is 0.365 e. The van der Waals surface area contributed by atoms with Crippen molar-refractivity contribution in [3.8, 4) is 0 Å². The van der Waals surface area contributed by atoms with Crippen LogP contribution in [0.2, 0.25) is 0 Å². The summed E-state index contributed by atoms with van der Waals surface area (Å²) in [6.45, 7) is 0.194. The summed E-state index contributed by atoms with van der Waals surface area (Å²) in [5.74, 6) is -0.670. The number of hydrogen-bond donors (Lipinski definition) is 1. The van der Waals surface area contributed by atoms with Crippen molar-refractivity contribution in [2.75, 3.05) is 25.5 Å². The zero-order valence-corrected chi connectivity index (χ0v) is 8.12. The Morgan fingerprint density at radius 2 is 2.43 bits per heavy atom. The van der Waals surface area contributed by atoms with Crippen LogP contribution in [0.3, 0.4) is 0 Å². The van der Waals surface area contributed by atoms with E-state index >= 15 is 0 Å². The van der Waals surface area contributed by atoms with Crippen LogP contribution in [0.4, 0.5) is 10.1 Å². The molecule has 0 spiro atoms. The molecule has 4 nitrogen and oxygen atoms in total. The van der Waals surface area contributed by atoms with E-state index in [4.69, 9.17) is 0 Å². The molecule has 0 aliphatic heterocycles. The van der Waals surface area contributed by atoms with Crippen molar-refractivity contribution in [1.29, 1.82) is 0 Å². The molecule has 1 heterocycles. The summed E-state index contributed by atoms with van der Waals surface area (Å²) < 4.78 is 12.7. The average Bonchev–Trinajstić information content (AvgIpc) is 2.17. The molecular formula is C9H12FN3O. The number of nitrogens with zero attached hydrogens (tertiary/aromatic N) is 2. The molecule has 0 aromatic carbocycles. The van der Waals surface area contributed by atoms with Crippen molar-refractivity contribution >= 4 is 11.6 Å². The summed E-state index contributed by atoms with van der Waals surface area (Å²) in [6.07, 6.45) is 1.37. The number of anilines is 1. The van der Waals surface area contributed by atoms with Crippen LogP contribution in [0.5, 0.6) is 0 Å². The van der Waals surface area contributed by atoms with Crippen LogP contribution in [0, 0.1) is 5.95 Å². The molecule has 0 aliphatic carbocycles. The van der Waals surface area contributed by atoms with Crippen molar-refractivity contribution in [3.05, 3.63) is 24.3 Å². The van der Waals surface area contributed by atoms with Gasteiger partial charge in [-0.2, -0.15) is 4.39 Å². The van der Waals surface area contributed by atoms with Crippen molar-refractivity contribution in [2.45, 2.75) is 0 Å². The third-order valence-electron chi connectivity index (χ3n) is 1.81. The molecule has 1 N–H and O–H groups in total. The topological polar surface area (TPSA) is 45.2 Å². The lowest BCUT2D eigenvalue weighted by Crippen LogP contribution is -2.32. The third-order valence-corrected chi connectivity index (χ3v) is 1.81. The molecule has 1 rings (SSSR count). The fraction of sp³-hybridized carbons (Fsp3) is 0.333. The predicted octanol–water partition coefficient (Wildman–Crippen LogP) is 0.403. The number of halogens is 1. The van der Waals surface area contributed by atoms with Gasteiger partial charge in [-0.25, -0.2) is 4.98 Å². The lowest BCUT2D eigenvalue weighted by Gasteiger charge is -2.17. The minimum absolute atomic E-state index is 0.121.